The van der Waals surface area contributed by atoms with E-state index in [1.807, 2.05) is 31.2 Å². The van der Waals surface area contributed by atoms with Gasteiger partial charge in [0.05, 0.1) is 0 Å². The molecule has 0 aromatic heterocycles. The van der Waals surface area contributed by atoms with Crippen molar-refractivity contribution in [3.05, 3.63) is 34.3 Å². The summed E-state index contributed by atoms with van der Waals surface area (Å²) in [7, 11) is 0. The van der Waals surface area contributed by atoms with Crippen LogP contribution in [0, 0.1) is 5.92 Å². The van der Waals surface area contributed by atoms with Crippen LogP contribution in [0.3, 0.4) is 0 Å². The Morgan fingerprint density at radius 1 is 1.40 bits per heavy atom. The summed E-state index contributed by atoms with van der Waals surface area (Å²) in [5.41, 5.74) is -0.0165. The van der Waals surface area contributed by atoms with Gasteiger partial charge in [-0.15, -0.1) is 0 Å². The molecule has 0 bridgehead atoms. The SMILES string of the molecule is C[C@@H]1CCCC[C@@]12NC(=O)N(CC(=O)OCc1cccc(Br)c1)C2=O. The van der Waals surface area contributed by atoms with Crippen molar-refractivity contribution >= 4 is 33.8 Å². The van der Waals surface area contributed by atoms with Crippen LogP contribution in [0.25, 0.3) is 0 Å². The zero-order valence-electron chi connectivity index (χ0n) is 14.1. The first-order valence-corrected chi connectivity index (χ1v) is 9.26. The number of carbonyl (C=O) groups excluding carboxylic acids is 3. The second kappa shape index (κ2) is 7.15. The van der Waals surface area contributed by atoms with Gasteiger partial charge in [0.2, 0.25) is 0 Å². The van der Waals surface area contributed by atoms with Crippen molar-refractivity contribution in [1.82, 2.24) is 10.2 Å². The minimum atomic E-state index is -0.847. The molecule has 1 N–H and O–H groups in total. The van der Waals surface area contributed by atoms with Gasteiger partial charge in [0.25, 0.3) is 5.91 Å². The van der Waals surface area contributed by atoms with E-state index in [1.165, 1.54) is 0 Å². The van der Waals surface area contributed by atoms with E-state index in [2.05, 4.69) is 21.2 Å². The minimum absolute atomic E-state index is 0.0698. The van der Waals surface area contributed by atoms with E-state index in [-0.39, 0.29) is 25.0 Å². The van der Waals surface area contributed by atoms with Crippen molar-refractivity contribution in [2.75, 3.05) is 6.54 Å². The number of ether oxygens (including phenoxy) is 1. The van der Waals surface area contributed by atoms with Crippen LogP contribution in [0.5, 0.6) is 0 Å². The number of benzene rings is 1. The summed E-state index contributed by atoms with van der Waals surface area (Å²) in [6.45, 7) is 1.73. The molecule has 1 saturated heterocycles. The molecule has 0 unspecified atom stereocenters. The number of amides is 3. The lowest BCUT2D eigenvalue weighted by molar-refractivity contribution is -0.149. The van der Waals surface area contributed by atoms with Crippen LogP contribution in [-0.2, 0) is 20.9 Å². The van der Waals surface area contributed by atoms with Crippen molar-refractivity contribution in [3.8, 4) is 0 Å². The predicted molar refractivity (Wildman–Crippen MR) is 94.5 cm³/mol. The Morgan fingerprint density at radius 3 is 2.92 bits per heavy atom. The lowest BCUT2D eigenvalue weighted by Crippen LogP contribution is -2.54. The van der Waals surface area contributed by atoms with Gasteiger partial charge in [0, 0.05) is 4.47 Å². The predicted octanol–water partition coefficient (Wildman–Crippen LogP) is 2.99. The molecule has 134 valence electrons. The van der Waals surface area contributed by atoms with Gasteiger partial charge in [-0.2, -0.15) is 0 Å². The maximum absolute atomic E-state index is 12.8. The van der Waals surface area contributed by atoms with E-state index in [4.69, 9.17) is 4.74 Å². The fraction of sp³-hybridized carbons (Fsp3) is 0.500. The zero-order chi connectivity index (χ0) is 18.0. The fourth-order valence-electron chi connectivity index (χ4n) is 3.60. The first kappa shape index (κ1) is 17.9. The van der Waals surface area contributed by atoms with Gasteiger partial charge < -0.3 is 10.1 Å². The highest BCUT2D eigenvalue weighted by Crippen LogP contribution is 2.38. The second-order valence-corrected chi connectivity index (χ2v) is 7.65. The van der Waals surface area contributed by atoms with E-state index >= 15 is 0 Å². The molecule has 1 spiro atoms. The maximum atomic E-state index is 12.8. The van der Waals surface area contributed by atoms with E-state index in [0.29, 0.717) is 6.42 Å². The minimum Gasteiger partial charge on any atom is -0.459 e. The van der Waals surface area contributed by atoms with E-state index in [0.717, 1.165) is 34.2 Å². The van der Waals surface area contributed by atoms with Gasteiger partial charge in [-0.3, -0.25) is 14.5 Å². The molecule has 0 radical (unpaired) electrons. The van der Waals surface area contributed by atoms with E-state index < -0.39 is 17.5 Å². The quantitative estimate of drug-likeness (QED) is 0.613. The summed E-state index contributed by atoms with van der Waals surface area (Å²) in [6.07, 6.45) is 3.48. The number of carbonyl (C=O) groups is 3. The maximum Gasteiger partial charge on any atom is 0.326 e. The Morgan fingerprint density at radius 2 is 2.20 bits per heavy atom. The highest BCUT2D eigenvalue weighted by molar-refractivity contribution is 9.10. The Kier molecular flexibility index (Phi) is 5.13. The first-order chi connectivity index (χ1) is 11.9. The molecule has 1 aromatic rings. The summed E-state index contributed by atoms with van der Waals surface area (Å²) in [5, 5.41) is 2.83. The molecule has 25 heavy (non-hydrogen) atoms. The van der Waals surface area contributed by atoms with Crippen LogP contribution >= 0.6 is 15.9 Å². The normalized spacial score (nSPS) is 26.0. The third-order valence-electron chi connectivity index (χ3n) is 5.08. The summed E-state index contributed by atoms with van der Waals surface area (Å²) in [6, 6.07) is 6.91. The zero-order valence-corrected chi connectivity index (χ0v) is 15.7. The molecular weight excluding hydrogens is 388 g/mol. The van der Waals surface area contributed by atoms with Crippen molar-refractivity contribution in [2.45, 2.75) is 44.8 Å². The third-order valence-corrected chi connectivity index (χ3v) is 5.57. The van der Waals surface area contributed by atoms with Crippen LogP contribution in [0.2, 0.25) is 0 Å². The van der Waals surface area contributed by atoms with Crippen molar-refractivity contribution < 1.29 is 19.1 Å². The monoisotopic (exact) mass is 408 g/mol. The Balaban J connectivity index is 1.61. The van der Waals surface area contributed by atoms with Gasteiger partial charge in [-0.1, -0.05) is 47.8 Å². The highest BCUT2D eigenvalue weighted by atomic mass is 79.9. The molecule has 6 nitrogen and oxygen atoms in total. The molecule has 3 amide bonds. The molecule has 1 aliphatic carbocycles. The number of nitrogens with zero attached hydrogens (tertiary/aromatic N) is 1. The Bertz CT molecular complexity index is 708. The first-order valence-electron chi connectivity index (χ1n) is 8.46. The number of esters is 1. The van der Waals surface area contributed by atoms with Gasteiger partial charge >= 0.3 is 12.0 Å². The van der Waals surface area contributed by atoms with Crippen LogP contribution in [0.15, 0.2) is 28.7 Å². The summed E-state index contributed by atoms with van der Waals surface area (Å²) in [4.78, 5) is 38.1. The number of urea groups is 1. The molecular formula is C18H21BrN2O4. The van der Waals surface area contributed by atoms with Gasteiger partial charge in [0.1, 0.15) is 18.7 Å². The molecule has 7 heteroatoms. The van der Waals surface area contributed by atoms with Crippen molar-refractivity contribution in [3.63, 3.8) is 0 Å². The number of hydrogen-bond donors (Lipinski definition) is 1. The highest BCUT2D eigenvalue weighted by Gasteiger charge is 2.55. The Labute approximate surface area is 155 Å². The fourth-order valence-corrected chi connectivity index (χ4v) is 4.05. The molecule has 1 saturated carbocycles. The molecule has 1 heterocycles. The third kappa shape index (κ3) is 3.56. The lowest BCUT2D eigenvalue weighted by Gasteiger charge is -2.36. The average molecular weight is 409 g/mol. The summed E-state index contributed by atoms with van der Waals surface area (Å²) in [5.74, 6) is -0.825. The van der Waals surface area contributed by atoms with Gasteiger partial charge in [0.15, 0.2) is 0 Å². The molecule has 1 aromatic carbocycles. The molecule has 2 fully saturated rings. The molecule has 2 aliphatic rings. The molecule has 3 rings (SSSR count). The second-order valence-electron chi connectivity index (χ2n) is 6.73. The molecule has 1 aliphatic heterocycles. The van der Waals surface area contributed by atoms with Gasteiger partial charge in [-0.05, 0) is 36.5 Å². The Hall–Kier alpha value is -1.89. The largest absolute Gasteiger partial charge is 0.459 e. The average Bonchev–Trinajstić information content (AvgIpc) is 2.81. The number of rotatable bonds is 4. The van der Waals surface area contributed by atoms with Crippen LogP contribution in [0.4, 0.5) is 4.79 Å². The van der Waals surface area contributed by atoms with Crippen molar-refractivity contribution in [1.29, 1.82) is 0 Å². The van der Waals surface area contributed by atoms with E-state index in [1.54, 1.807) is 0 Å². The number of hydrogen-bond acceptors (Lipinski definition) is 4. The van der Waals surface area contributed by atoms with Crippen LogP contribution in [0.1, 0.15) is 38.2 Å². The summed E-state index contributed by atoms with van der Waals surface area (Å²) >= 11 is 3.36. The smallest absolute Gasteiger partial charge is 0.326 e. The van der Waals surface area contributed by atoms with Gasteiger partial charge in [-0.25, -0.2) is 4.79 Å². The number of halogens is 1. The summed E-state index contributed by atoms with van der Waals surface area (Å²) < 4.78 is 6.10. The number of nitrogens with one attached hydrogen (secondary N) is 1. The topological polar surface area (TPSA) is 75.7 Å². The number of imide groups is 1. The molecule has 2 atom stereocenters. The van der Waals surface area contributed by atoms with Crippen LogP contribution < -0.4 is 5.32 Å². The van der Waals surface area contributed by atoms with E-state index in [9.17, 15) is 14.4 Å². The standard InChI is InChI=1S/C18H21BrN2O4/c1-12-5-2-3-8-18(12)16(23)21(17(24)20-18)10-15(22)25-11-13-6-4-7-14(19)9-13/h4,6-7,9,12H,2-3,5,8,10-11H2,1H3,(H,20,24)/t12-,18-/m1/s1. The van der Waals surface area contributed by atoms with Crippen molar-refractivity contribution in [2.24, 2.45) is 5.92 Å². The van der Waals surface area contributed by atoms with Crippen LogP contribution in [-0.4, -0.2) is 34.9 Å². The lowest BCUT2D eigenvalue weighted by atomic mass is 9.73.